The lowest BCUT2D eigenvalue weighted by molar-refractivity contribution is -0.125. The molecule has 1 aromatic carbocycles. The van der Waals surface area contributed by atoms with Gasteiger partial charge in [0.2, 0.25) is 0 Å². The zero-order valence-electron chi connectivity index (χ0n) is 11.7. The van der Waals surface area contributed by atoms with Crippen molar-refractivity contribution < 1.29 is 18.7 Å². The predicted octanol–water partition coefficient (Wildman–Crippen LogP) is 2.28. The van der Waals surface area contributed by atoms with Crippen LogP contribution in [0.15, 0.2) is 18.2 Å². The molecule has 0 saturated carbocycles. The number of carbonyl (C=O) groups excluding carboxylic acids is 2. The molecule has 108 valence electrons. The number of Topliss-reactive ketones (excluding diaryl/α,β-unsaturated/α-hetero) is 1. The van der Waals surface area contributed by atoms with Crippen LogP contribution >= 0.6 is 0 Å². The van der Waals surface area contributed by atoms with Crippen molar-refractivity contribution in [2.24, 2.45) is 5.92 Å². The summed E-state index contributed by atoms with van der Waals surface area (Å²) in [7, 11) is 1.40. The Kier molecular flexibility index (Phi) is 4.37. The Morgan fingerprint density at radius 1 is 1.50 bits per heavy atom. The number of rotatable bonds is 3. The minimum Gasteiger partial charge on any atom is -0.496 e. The minimum atomic E-state index is -0.598. The first-order valence-corrected chi connectivity index (χ1v) is 6.73. The number of ether oxygens (including phenoxy) is 1. The summed E-state index contributed by atoms with van der Waals surface area (Å²) in [6.45, 7) is 2.61. The summed E-state index contributed by atoms with van der Waals surface area (Å²) in [4.78, 5) is 25.7. The van der Waals surface area contributed by atoms with E-state index in [9.17, 15) is 14.0 Å². The van der Waals surface area contributed by atoms with E-state index in [0.29, 0.717) is 25.9 Å². The number of amides is 1. The fraction of sp³-hybridized carbons (Fsp3) is 0.467. The third-order valence-corrected chi connectivity index (χ3v) is 3.71. The number of piperidine rings is 1. The van der Waals surface area contributed by atoms with Crippen molar-refractivity contribution in [1.29, 1.82) is 0 Å². The Morgan fingerprint density at radius 3 is 2.90 bits per heavy atom. The van der Waals surface area contributed by atoms with E-state index in [-0.39, 0.29) is 23.0 Å². The van der Waals surface area contributed by atoms with Gasteiger partial charge in [-0.1, -0.05) is 13.0 Å². The topological polar surface area (TPSA) is 46.6 Å². The maximum Gasteiger partial charge on any atom is 0.260 e. The Bertz CT molecular complexity index is 530. The third kappa shape index (κ3) is 2.66. The Morgan fingerprint density at radius 2 is 2.25 bits per heavy atom. The number of carbonyl (C=O) groups is 2. The summed E-state index contributed by atoms with van der Waals surface area (Å²) < 4.78 is 19.0. The van der Waals surface area contributed by atoms with E-state index >= 15 is 0 Å². The lowest BCUT2D eigenvalue weighted by Crippen LogP contribution is -2.44. The van der Waals surface area contributed by atoms with E-state index in [4.69, 9.17) is 4.74 Å². The smallest absolute Gasteiger partial charge is 0.260 e. The minimum absolute atomic E-state index is 0.0563. The lowest BCUT2D eigenvalue weighted by Gasteiger charge is -2.31. The van der Waals surface area contributed by atoms with Crippen molar-refractivity contribution in [1.82, 2.24) is 4.90 Å². The largest absolute Gasteiger partial charge is 0.496 e. The molecule has 0 aromatic heterocycles. The van der Waals surface area contributed by atoms with Crippen LogP contribution in [0.1, 0.15) is 30.1 Å². The second kappa shape index (κ2) is 6.03. The summed E-state index contributed by atoms with van der Waals surface area (Å²) in [6.07, 6.45) is 1.03. The first-order valence-electron chi connectivity index (χ1n) is 6.73. The second-order valence-electron chi connectivity index (χ2n) is 4.89. The SMILES string of the molecule is CCC1CN(C(=O)c2c(F)cccc2OC)CCC1=O. The molecule has 5 heteroatoms. The van der Waals surface area contributed by atoms with Crippen LogP contribution in [0.3, 0.4) is 0 Å². The first kappa shape index (κ1) is 14.5. The van der Waals surface area contributed by atoms with E-state index in [1.807, 2.05) is 6.92 Å². The summed E-state index contributed by atoms with van der Waals surface area (Å²) >= 11 is 0. The number of ketones is 1. The molecule has 0 aliphatic carbocycles. The Balaban J connectivity index is 2.26. The van der Waals surface area contributed by atoms with Gasteiger partial charge in [0.1, 0.15) is 22.9 Å². The fourth-order valence-corrected chi connectivity index (χ4v) is 2.49. The zero-order valence-corrected chi connectivity index (χ0v) is 11.7. The standard InChI is InChI=1S/C15H18FNO3/c1-3-10-9-17(8-7-12(10)18)15(19)14-11(16)5-4-6-13(14)20-2/h4-6,10H,3,7-9H2,1-2H3. The zero-order chi connectivity index (χ0) is 14.7. The van der Waals surface area contributed by atoms with E-state index in [1.165, 1.54) is 24.1 Å². The highest BCUT2D eigenvalue weighted by molar-refractivity contribution is 5.98. The van der Waals surface area contributed by atoms with E-state index in [1.54, 1.807) is 6.07 Å². The van der Waals surface area contributed by atoms with Crippen molar-refractivity contribution in [3.05, 3.63) is 29.6 Å². The highest BCUT2D eigenvalue weighted by Crippen LogP contribution is 2.25. The predicted molar refractivity (Wildman–Crippen MR) is 72.3 cm³/mol. The molecule has 0 spiro atoms. The molecule has 1 unspecified atom stereocenters. The van der Waals surface area contributed by atoms with Crippen molar-refractivity contribution in [2.45, 2.75) is 19.8 Å². The van der Waals surface area contributed by atoms with Gasteiger partial charge in [0, 0.05) is 25.4 Å². The maximum absolute atomic E-state index is 13.9. The molecule has 20 heavy (non-hydrogen) atoms. The van der Waals surface area contributed by atoms with Crippen LogP contribution in [0.5, 0.6) is 5.75 Å². The molecule has 0 bridgehead atoms. The molecule has 1 fully saturated rings. The average Bonchev–Trinajstić information content (AvgIpc) is 2.46. The van der Waals surface area contributed by atoms with Crippen LogP contribution in [-0.4, -0.2) is 36.8 Å². The van der Waals surface area contributed by atoms with Crippen LogP contribution in [0, 0.1) is 11.7 Å². The molecule has 1 saturated heterocycles. The van der Waals surface area contributed by atoms with Crippen molar-refractivity contribution in [3.8, 4) is 5.75 Å². The molecule has 4 nitrogen and oxygen atoms in total. The van der Waals surface area contributed by atoms with E-state index in [2.05, 4.69) is 0 Å². The molecule has 0 radical (unpaired) electrons. The summed E-state index contributed by atoms with van der Waals surface area (Å²) in [5.74, 6) is -0.757. The number of halogens is 1. The third-order valence-electron chi connectivity index (χ3n) is 3.71. The number of likely N-dealkylation sites (tertiary alicyclic amines) is 1. The molecule has 2 rings (SSSR count). The summed E-state index contributed by atoms with van der Waals surface area (Å²) in [6, 6.07) is 4.30. The van der Waals surface area contributed by atoms with Gasteiger partial charge in [0.15, 0.2) is 0 Å². The van der Waals surface area contributed by atoms with Crippen molar-refractivity contribution in [2.75, 3.05) is 20.2 Å². The van der Waals surface area contributed by atoms with Crippen LogP contribution in [0.4, 0.5) is 4.39 Å². The van der Waals surface area contributed by atoms with E-state index in [0.717, 1.165) is 0 Å². The number of hydrogen-bond acceptors (Lipinski definition) is 3. The Labute approximate surface area is 117 Å². The molecule has 1 aliphatic heterocycles. The number of nitrogens with zero attached hydrogens (tertiary/aromatic N) is 1. The van der Waals surface area contributed by atoms with Gasteiger partial charge in [-0.2, -0.15) is 0 Å². The highest BCUT2D eigenvalue weighted by Gasteiger charge is 2.31. The first-order chi connectivity index (χ1) is 9.58. The van der Waals surface area contributed by atoms with Gasteiger partial charge in [0.25, 0.3) is 5.91 Å². The number of hydrogen-bond donors (Lipinski definition) is 0. The van der Waals surface area contributed by atoms with Gasteiger partial charge < -0.3 is 9.64 Å². The van der Waals surface area contributed by atoms with Crippen molar-refractivity contribution >= 4 is 11.7 Å². The van der Waals surface area contributed by atoms with Gasteiger partial charge in [-0.05, 0) is 18.6 Å². The van der Waals surface area contributed by atoms with Gasteiger partial charge in [-0.15, -0.1) is 0 Å². The van der Waals surface area contributed by atoms with Crippen molar-refractivity contribution in [3.63, 3.8) is 0 Å². The molecule has 1 aromatic rings. The number of benzene rings is 1. The molecule has 0 N–H and O–H groups in total. The van der Waals surface area contributed by atoms with Crippen LogP contribution in [0.2, 0.25) is 0 Å². The Hall–Kier alpha value is -1.91. The molecular weight excluding hydrogens is 261 g/mol. The molecule has 1 atom stereocenters. The quantitative estimate of drug-likeness (QED) is 0.852. The van der Waals surface area contributed by atoms with Gasteiger partial charge in [0.05, 0.1) is 7.11 Å². The van der Waals surface area contributed by atoms with Gasteiger partial charge in [-0.3, -0.25) is 9.59 Å². The van der Waals surface area contributed by atoms with Crippen LogP contribution < -0.4 is 4.74 Å². The molecule has 1 amide bonds. The van der Waals surface area contributed by atoms with Crippen LogP contribution in [-0.2, 0) is 4.79 Å². The van der Waals surface area contributed by atoms with Crippen LogP contribution in [0.25, 0.3) is 0 Å². The highest BCUT2D eigenvalue weighted by atomic mass is 19.1. The van der Waals surface area contributed by atoms with E-state index < -0.39 is 11.7 Å². The summed E-state index contributed by atoms with van der Waals surface area (Å²) in [5, 5.41) is 0. The van der Waals surface area contributed by atoms with Gasteiger partial charge in [-0.25, -0.2) is 4.39 Å². The number of methoxy groups -OCH3 is 1. The maximum atomic E-state index is 13.9. The molecule has 1 heterocycles. The molecular formula is C15H18FNO3. The normalized spacial score (nSPS) is 19.1. The fourth-order valence-electron chi connectivity index (χ4n) is 2.49. The average molecular weight is 279 g/mol. The second-order valence-corrected chi connectivity index (χ2v) is 4.89. The monoisotopic (exact) mass is 279 g/mol. The molecule has 1 aliphatic rings. The van der Waals surface area contributed by atoms with Gasteiger partial charge >= 0.3 is 0 Å². The lowest BCUT2D eigenvalue weighted by atomic mass is 9.93. The summed E-state index contributed by atoms with van der Waals surface area (Å²) in [5.41, 5.74) is -0.0563.